The summed E-state index contributed by atoms with van der Waals surface area (Å²) in [5, 5.41) is 0. The van der Waals surface area contributed by atoms with Crippen molar-refractivity contribution in [2.75, 3.05) is 0 Å². The molecule has 0 unspecified atom stereocenters. The molecule has 2 heteroatoms. The van der Waals surface area contributed by atoms with Crippen LogP contribution >= 0.6 is 0 Å². The van der Waals surface area contributed by atoms with Gasteiger partial charge in [-0.15, -0.1) is 5.54 Å². The van der Waals surface area contributed by atoms with Gasteiger partial charge in [0, 0.05) is 5.57 Å². The first-order valence-corrected chi connectivity index (χ1v) is 14.5. The van der Waals surface area contributed by atoms with Crippen LogP contribution in [0.5, 0.6) is 0 Å². The number of hydrogen-bond acceptors (Lipinski definition) is 0. The molecule has 0 nitrogen and oxygen atoms in total. The molecule has 1 aromatic carbocycles. The lowest BCUT2D eigenvalue weighted by molar-refractivity contribution is 1.13. The van der Waals surface area contributed by atoms with Gasteiger partial charge in [-0.25, -0.2) is 0 Å². The highest BCUT2D eigenvalue weighted by Gasteiger charge is 2.14. The number of hydrogen-bond donors (Lipinski definition) is 0. The van der Waals surface area contributed by atoms with E-state index in [1.54, 1.807) is 0 Å². The van der Waals surface area contributed by atoms with E-state index in [0.717, 1.165) is 6.42 Å². The molecule has 0 fully saturated rings. The Labute approximate surface area is 127 Å². The fraction of sp³-hybridized carbons (Fsp3) is 0.444. The van der Waals surface area contributed by atoms with Crippen LogP contribution in [0.25, 0.3) is 5.57 Å². The van der Waals surface area contributed by atoms with E-state index in [1.807, 2.05) is 0 Å². The smallest absolute Gasteiger partial charge is 0.127 e. The van der Waals surface area contributed by atoms with E-state index in [-0.39, 0.29) is 0 Å². The minimum absolute atomic E-state index is 1.06. The molecule has 0 heterocycles. The maximum atomic E-state index is 3.54. The average Bonchev–Trinajstić information content (AvgIpc) is 2.32. The normalized spacial score (nSPS) is 12.8. The zero-order valence-corrected chi connectivity index (χ0v) is 16.1. The summed E-state index contributed by atoms with van der Waals surface area (Å²) in [5.41, 5.74) is 9.98. The van der Waals surface area contributed by atoms with Crippen molar-refractivity contribution in [3.05, 3.63) is 41.1 Å². The Bertz CT molecular complexity index is 543. The Hall–Kier alpha value is -1.05. The van der Waals surface area contributed by atoms with Gasteiger partial charge in [0.15, 0.2) is 0 Å². The molecule has 0 aliphatic heterocycles. The van der Waals surface area contributed by atoms with Crippen molar-refractivity contribution in [3.63, 3.8) is 0 Å². The minimum Gasteiger partial charge on any atom is -0.127 e. The van der Waals surface area contributed by atoms with E-state index in [0.29, 0.717) is 0 Å². The van der Waals surface area contributed by atoms with Gasteiger partial charge in [-0.2, -0.15) is 0 Å². The first-order chi connectivity index (χ1) is 9.12. The van der Waals surface area contributed by atoms with E-state index >= 15 is 0 Å². The van der Waals surface area contributed by atoms with Gasteiger partial charge in [0.1, 0.15) is 8.07 Å². The molecule has 0 aromatic heterocycles. The van der Waals surface area contributed by atoms with Crippen LogP contribution in [0, 0.1) is 11.5 Å². The van der Waals surface area contributed by atoms with Gasteiger partial charge in [0.25, 0.3) is 0 Å². The maximum Gasteiger partial charge on any atom is 0.129 e. The summed E-state index contributed by atoms with van der Waals surface area (Å²) in [4.78, 5) is 0. The molecular weight excluding hydrogens is 272 g/mol. The molecule has 0 N–H and O–H groups in total. The fourth-order valence-electron chi connectivity index (χ4n) is 1.96. The zero-order chi connectivity index (χ0) is 15.4. The monoisotopic (exact) mass is 300 g/mol. The number of aryl methyl sites for hydroxylation is 1. The Kier molecular flexibility index (Phi) is 5.62. The van der Waals surface area contributed by atoms with Crippen LogP contribution in [0.1, 0.15) is 18.1 Å². The van der Waals surface area contributed by atoms with Gasteiger partial charge in [0.2, 0.25) is 0 Å². The lowest BCUT2D eigenvalue weighted by Crippen LogP contribution is -2.18. The molecule has 1 aromatic rings. The molecular formula is C18H28Si2. The third-order valence-electron chi connectivity index (χ3n) is 2.84. The van der Waals surface area contributed by atoms with Gasteiger partial charge in [-0.1, -0.05) is 82.1 Å². The molecule has 0 bridgehead atoms. The second-order valence-electron chi connectivity index (χ2n) is 7.43. The van der Waals surface area contributed by atoms with Crippen LogP contribution in [0.2, 0.25) is 39.3 Å². The molecule has 0 amide bonds. The van der Waals surface area contributed by atoms with E-state index in [2.05, 4.69) is 87.6 Å². The second kappa shape index (κ2) is 6.60. The van der Waals surface area contributed by atoms with Crippen molar-refractivity contribution in [1.82, 2.24) is 0 Å². The standard InChI is InChI=1S/C18H28Si2/c1-8-16-11-9-10-12-18(16)17(15-20(5,6)7)13-14-19(2,3)4/h9-12,15H,8H2,1-7H3/b17-15+. The van der Waals surface area contributed by atoms with Crippen LogP contribution in [-0.4, -0.2) is 16.1 Å². The number of rotatable bonds is 3. The van der Waals surface area contributed by atoms with Crippen LogP contribution in [0.3, 0.4) is 0 Å². The van der Waals surface area contributed by atoms with E-state index in [9.17, 15) is 0 Å². The highest BCUT2D eigenvalue weighted by Crippen LogP contribution is 2.22. The van der Waals surface area contributed by atoms with Crippen LogP contribution in [0.15, 0.2) is 30.0 Å². The average molecular weight is 301 g/mol. The molecule has 0 atom stereocenters. The minimum atomic E-state index is -1.34. The van der Waals surface area contributed by atoms with Gasteiger partial charge in [0.05, 0.1) is 8.07 Å². The summed E-state index contributed by atoms with van der Waals surface area (Å²) < 4.78 is 0. The number of allylic oxidation sites excluding steroid dienone is 1. The molecule has 0 radical (unpaired) electrons. The second-order valence-corrected chi connectivity index (χ2v) is 17.2. The fourth-order valence-corrected chi connectivity index (χ4v) is 3.56. The third-order valence-corrected chi connectivity index (χ3v) is 4.87. The largest absolute Gasteiger partial charge is 0.129 e. The molecule has 20 heavy (non-hydrogen) atoms. The van der Waals surface area contributed by atoms with Gasteiger partial charge in [-0.3, -0.25) is 0 Å². The quantitative estimate of drug-likeness (QED) is 0.518. The molecule has 0 saturated carbocycles. The SMILES string of the molecule is CCc1ccccc1/C(C#C[Si](C)(C)C)=C/[Si](C)(C)C. The van der Waals surface area contributed by atoms with Crippen LogP contribution in [-0.2, 0) is 6.42 Å². The third kappa shape index (κ3) is 5.94. The predicted molar refractivity (Wildman–Crippen MR) is 98.3 cm³/mol. The molecule has 0 spiro atoms. The summed E-state index contributed by atoms with van der Waals surface area (Å²) >= 11 is 0. The summed E-state index contributed by atoms with van der Waals surface area (Å²) in [6.07, 6.45) is 1.06. The van der Waals surface area contributed by atoms with E-state index in [1.165, 1.54) is 16.7 Å². The Morgan fingerprint density at radius 2 is 1.65 bits per heavy atom. The Morgan fingerprint density at radius 3 is 2.15 bits per heavy atom. The summed E-state index contributed by atoms with van der Waals surface area (Å²) in [6.45, 7) is 16.2. The molecule has 0 aliphatic rings. The predicted octanol–water partition coefficient (Wildman–Crippen LogP) is 5.39. The summed E-state index contributed by atoms with van der Waals surface area (Å²) in [5.74, 6) is 3.51. The molecule has 1 rings (SSSR count). The molecule has 0 aliphatic carbocycles. The highest BCUT2D eigenvalue weighted by atomic mass is 28.3. The lowest BCUT2D eigenvalue weighted by atomic mass is 10.00. The van der Waals surface area contributed by atoms with Crippen LogP contribution < -0.4 is 0 Å². The van der Waals surface area contributed by atoms with Gasteiger partial charge in [-0.05, 0) is 17.5 Å². The maximum absolute atomic E-state index is 3.54. The lowest BCUT2D eigenvalue weighted by Gasteiger charge is -2.14. The first-order valence-electron chi connectivity index (χ1n) is 7.47. The first kappa shape index (κ1) is 17.0. The van der Waals surface area contributed by atoms with E-state index < -0.39 is 16.1 Å². The van der Waals surface area contributed by atoms with E-state index in [4.69, 9.17) is 0 Å². The molecule has 0 saturated heterocycles. The highest BCUT2D eigenvalue weighted by molar-refractivity contribution is 6.84. The Balaban J connectivity index is 3.38. The van der Waals surface area contributed by atoms with Crippen molar-refractivity contribution >= 4 is 21.7 Å². The van der Waals surface area contributed by atoms with Crippen molar-refractivity contribution < 1.29 is 0 Å². The summed E-state index contributed by atoms with van der Waals surface area (Å²) in [7, 11) is -2.63. The Morgan fingerprint density at radius 1 is 1.05 bits per heavy atom. The number of benzene rings is 1. The molecule has 108 valence electrons. The van der Waals surface area contributed by atoms with Crippen molar-refractivity contribution in [2.45, 2.75) is 52.6 Å². The van der Waals surface area contributed by atoms with Crippen molar-refractivity contribution in [2.24, 2.45) is 0 Å². The topological polar surface area (TPSA) is 0 Å². The van der Waals surface area contributed by atoms with Crippen molar-refractivity contribution in [3.8, 4) is 11.5 Å². The van der Waals surface area contributed by atoms with Crippen molar-refractivity contribution in [1.29, 1.82) is 0 Å². The van der Waals surface area contributed by atoms with Crippen LogP contribution in [0.4, 0.5) is 0 Å². The van der Waals surface area contributed by atoms with Gasteiger partial charge < -0.3 is 0 Å². The summed E-state index contributed by atoms with van der Waals surface area (Å²) in [6, 6.07) is 8.70. The zero-order valence-electron chi connectivity index (χ0n) is 14.1. The van der Waals surface area contributed by atoms with Gasteiger partial charge >= 0.3 is 0 Å².